The average Bonchev–Trinajstić information content (AvgIpc) is 2.65. The predicted molar refractivity (Wildman–Crippen MR) is 66.0 cm³/mol. The number of ether oxygens (including phenoxy) is 3. The fraction of sp³-hybridized carbons (Fsp3) is 0.500. The van der Waals surface area contributed by atoms with Crippen molar-refractivity contribution in [1.29, 1.82) is 0 Å². The van der Waals surface area contributed by atoms with Crippen LogP contribution in [-0.4, -0.2) is 31.1 Å². The van der Waals surface area contributed by atoms with Crippen LogP contribution in [0.4, 0.5) is 0 Å². The molecule has 1 aliphatic rings. The topological polar surface area (TPSA) is 44.8 Å². The van der Waals surface area contributed by atoms with Gasteiger partial charge in [0, 0.05) is 6.42 Å². The van der Waals surface area contributed by atoms with Gasteiger partial charge in [-0.25, -0.2) is 4.79 Å². The first kappa shape index (κ1) is 13.1. The van der Waals surface area contributed by atoms with Crippen LogP contribution in [0.25, 0.3) is 0 Å². The van der Waals surface area contributed by atoms with Crippen LogP contribution in [0.3, 0.4) is 0 Å². The standard InChI is InChI=1S/C14H18O4/c1-14(2)17-11(12(18-14)13(15)16-3)9-10-7-5-4-6-8-10/h4-8,11-12H,9H2,1-3H3/t11-,12-/m1/s1. The summed E-state index contributed by atoms with van der Waals surface area (Å²) in [5.41, 5.74) is 1.11. The third-order valence-corrected chi connectivity index (χ3v) is 2.90. The Morgan fingerprint density at radius 1 is 1.28 bits per heavy atom. The smallest absolute Gasteiger partial charge is 0.337 e. The van der Waals surface area contributed by atoms with Crippen LogP contribution in [0.5, 0.6) is 0 Å². The summed E-state index contributed by atoms with van der Waals surface area (Å²) >= 11 is 0. The van der Waals surface area contributed by atoms with E-state index < -0.39 is 11.9 Å². The van der Waals surface area contributed by atoms with E-state index in [4.69, 9.17) is 14.2 Å². The van der Waals surface area contributed by atoms with Gasteiger partial charge in [0.25, 0.3) is 0 Å². The Kier molecular flexibility index (Phi) is 3.68. The van der Waals surface area contributed by atoms with Crippen molar-refractivity contribution in [3.63, 3.8) is 0 Å². The molecular formula is C14H18O4. The minimum absolute atomic E-state index is 0.310. The second-order valence-electron chi connectivity index (χ2n) is 4.81. The molecule has 98 valence electrons. The Morgan fingerprint density at radius 3 is 2.56 bits per heavy atom. The van der Waals surface area contributed by atoms with Gasteiger partial charge in [0.15, 0.2) is 11.9 Å². The van der Waals surface area contributed by atoms with Gasteiger partial charge in [-0.15, -0.1) is 0 Å². The highest BCUT2D eigenvalue weighted by Crippen LogP contribution is 2.30. The molecule has 0 saturated carbocycles. The summed E-state index contributed by atoms with van der Waals surface area (Å²) in [7, 11) is 1.36. The molecule has 1 fully saturated rings. The van der Waals surface area contributed by atoms with Crippen LogP contribution in [0.2, 0.25) is 0 Å². The van der Waals surface area contributed by atoms with Gasteiger partial charge in [-0.1, -0.05) is 30.3 Å². The van der Waals surface area contributed by atoms with Crippen molar-refractivity contribution in [2.45, 2.75) is 38.3 Å². The van der Waals surface area contributed by atoms with E-state index in [1.807, 2.05) is 30.3 Å². The van der Waals surface area contributed by atoms with Crippen molar-refractivity contribution in [2.75, 3.05) is 7.11 Å². The van der Waals surface area contributed by atoms with Crippen molar-refractivity contribution in [3.05, 3.63) is 35.9 Å². The number of esters is 1. The molecule has 18 heavy (non-hydrogen) atoms. The molecule has 1 saturated heterocycles. The summed E-state index contributed by atoms with van der Waals surface area (Å²) in [6, 6.07) is 9.89. The Morgan fingerprint density at radius 2 is 1.94 bits per heavy atom. The molecule has 1 aromatic rings. The molecule has 0 radical (unpaired) electrons. The summed E-state index contributed by atoms with van der Waals surface area (Å²) in [5.74, 6) is -1.14. The van der Waals surface area contributed by atoms with Gasteiger partial charge in [0.2, 0.25) is 0 Å². The van der Waals surface area contributed by atoms with E-state index >= 15 is 0 Å². The lowest BCUT2D eigenvalue weighted by Crippen LogP contribution is -2.33. The quantitative estimate of drug-likeness (QED) is 0.769. The third kappa shape index (κ3) is 2.89. The van der Waals surface area contributed by atoms with Crippen LogP contribution in [0, 0.1) is 0 Å². The number of rotatable bonds is 3. The molecule has 1 aliphatic heterocycles. The number of methoxy groups -OCH3 is 1. The normalized spacial score (nSPS) is 25.9. The molecule has 4 heteroatoms. The SMILES string of the molecule is COC(=O)[C@@H]1OC(C)(C)O[C@@H]1Cc1ccccc1. The Labute approximate surface area is 107 Å². The number of carbonyl (C=O) groups excluding carboxylic acids is 1. The van der Waals surface area contributed by atoms with Gasteiger partial charge in [-0.3, -0.25) is 0 Å². The van der Waals surface area contributed by atoms with Gasteiger partial charge >= 0.3 is 5.97 Å². The Balaban J connectivity index is 2.12. The van der Waals surface area contributed by atoms with E-state index in [0.29, 0.717) is 6.42 Å². The van der Waals surface area contributed by atoms with Gasteiger partial charge in [-0.2, -0.15) is 0 Å². The summed E-state index contributed by atoms with van der Waals surface area (Å²) in [6.45, 7) is 3.60. The molecule has 0 aromatic heterocycles. The van der Waals surface area contributed by atoms with Crippen LogP contribution < -0.4 is 0 Å². The molecule has 0 spiro atoms. The van der Waals surface area contributed by atoms with Gasteiger partial charge in [0.1, 0.15) is 6.10 Å². The third-order valence-electron chi connectivity index (χ3n) is 2.90. The van der Waals surface area contributed by atoms with E-state index in [2.05, 4.69) is 0 Å². The van der Waals surface area contributed by atoms with Crippen molar-refractivity contribution >= 4 is 5.97 Å². The van der Waals surface area contributed by atoms with Gasteiger partial charge < -0.3 is 14.2 Å². The van der Waals surface area contributed by atoms with Crippen molar-refractivity contribution in [2.24, 2.45) is 0 Å². The highest BCUT2D eigenvalue weighted by atomic mass is 16.8. The zero-order chi connectivity index (χ0) is 13.2. The summed E-state index contributed by atoms with van der Waals surface area (Å²) in [6.07, 6.45) is -0.343. The molecule has 0 unspecified atom stereocenters. The van der Waals surface area contributed by atoms with Crippen molar-refractivity contribution < 1.29 is 19.0 Å². The first-order chi connectivity index (χ1) is 8.52. The van der Waals surface area contributed by atoms with E-state index in [-0.39, 0.29) is 12.1 Å². The molecule has 1 heterocycles. The second kappa shape index (κ2) is 5.08. The molecule has 2 atom stereocenters. The predicted octanol–water partition coefficient (Wildman–Crippen LogP) is 1.92. The largest absolute Gasteiger partial charge is 0.467 e. The maximum absolute atomic E-state index is 11.7. The lowest BCUT2D eigenvalue weighted by atomic mass is 10.0. The van der Waals surface area contributed by atoms with Crippen LogP contribution in [0.1, 0.15) is 19.4 Å². The Hall–Kier alpha value is -1.39. The molecule has 0 aliphatic carbocycles. The molecule has 0 amide bonds. The summed E-state index contributed by atoms with van der Waals surface area (Å²) in [4.78, 5) is 11.7. The zero-order valence-corrected chi connectivity index (χ0v) is 10.9. The second-order valence-corrected chi connectivity index (χ2v) is 4.81. The molecule has 2 rings (SSSR count). The lowest BCUT2D eigenvalue weighted by molar-refractivity contribution is -0.168. The van der Waals surface area contributed by atoms with Crippen molar-refractivity contribution in [1.82, 2.24) is 0 Å². The maximum atomic E-state index is 11.7. The van der Waals surface area contributed by atoms with Crippen molar-refractivity contribution in [3.8, 4) is 0 Å². The molecule has 4 nitrogen and oxygen atoms in total. The number of hydrogen-bond acceptors (Lipinski definition) is 4. The monoisotopic (exact) mass is 250 g/mol. The highest BCUT2D eigenvalue weighted by molar-refractivity contribution is 5.75. The van der Waals surface area contributed by atoms with E-state index in [1.165, 1.54) is 7.11 Å². The van der Waals surface area contributed by atoms with E-state index in [0.717, 1.165) is 5.56 Å². The van der Waals surface area contributed by atoms with Gasteiger partial charge in [0.05, 0.1) is 7.11 Å². The van der Waals surface area contributed by atoms with Crippen LogP contribution >= 0.6 is 0 Å². The first-order valence-electron chi connectivity index (χ1n) is 5.99. The molecular weight excluding hydrogens is 232 g/mol. The van der Waals surface area contributed by atoms with Gasteiger partial charge in [-0.05, 0) is 19.4 Å². The fourth-order valence-electron chi connectivity index (χ4n) is 2.15. The molecule has 0 N–H and O–H groups in total. The first-order valence-corrected chi connectivity index (χ1v) is 5.99. The summed E-state index contributed by atoms with van der Waals surface area (Å²) in [5, 5.41) is 0. The van der Waals surface area contributed by atoms with E-state index in [9.17, 15) is 4.79 Å². The molecule has 1 aromatic carbocycles. The molecule has 0 bridgehead atoms. The maximum Gasteiger partial charge on any atom is 0.337 e. The summed E-state index contributed by atoms with van der Waals surface area (Å²) < 4.78 is 16.1. The van der Waals surface area contributed by atoms with Crippen LogP contribution in [-0.2, 0) is 25.4 Å². The minimum atomic E-state index is -0.752. The lowest BCUT2D eigenvalue weighted by Gasteiger charge is -2.16. The Bertz CT molecular complexity index is 413. The number of hydrogen-bond donors (Lipinski definition) is 0. The van der Waals surface area contributed by atoms with E-state index in [1.54, 1.807) is 13.8 Å². The fourth-order valence-corrected chi connectivity index (χ4v) is 2.15. The zero-order valence-electron chi connectivity index (χ0n) is 10.9. The highest BCUT2D eigenvalue weighted by Gasteiger charge is 2.45. The average molecular weight is 250 g/mol. The van der Waals surface area contributed by atoms with Crippen LogP contribution in [0.15, 0.2) is 30.3 Å². The minimum Gasteiger partial charge on any atom is -0.467 e. The number of benzene rings is 1. The number of carbonyl (C=O) groups is 1.